The van der Waals surface area contributed by atoms with Crippen LogP contribution >= 0.6 is 0 Å². The second-order valence-electron chi connectivity index (χ2n) is 8.55. The first-order chi connectivity index (χ1) is 16.5. The minimum absolute atomic E-state index is 0.0349. The fraction of sp³-hybridized carbons (Fsp3) is 0.286. The van der Waals surface area contributed by atoms with Crippen molar-refractivity contribution in [1.82, 2.24) is 15.1 Å². The molecular weight excluding hydrogens is 426 g/mol. The number of carbonyl (C=O) groups is 2. The molecule has 1 saturated heterocycles. The van der Waals surface area contributed by atoms with Gasteiger partial charge in [-0.25, -0.2) is 0 Å². The maximum Gasteiger partial charge on any atom is 0.251 e. The summed E-state index contributed by atoms with van der Waals surface area (Å²) in [5, 5.41) is 2.69. The van der Waals surface area contributed by atoms with Crippen LogP contribution in [0.4, 0.5) is 0 Å². The summed E-state index contributed by atoms with van der Waals surface area (Å²) in [6, 6.07) is 24.2. The molecule has 0 bridgehead atoms. The molecule has 0 aromatic heterocycles. The molecule has 1 N–H and O–H groups in total. The Morgan fingerprint density at radius 3 is 2.47 bits per heavy atom. The van der Waals surface area contributed by atoms with Gasteiger partial charge in [0.05, 0.1) is 13.2 Å². The Bertz CT molecular complexity index is 1160. The number of methoxy groups -OCH3 is 1. The third-order valence-corrected chi connectivity index (χ3v) is 6.46. The molecule has 0 unspecified atom stereocenters. The number of nitrogens with zero attached hydrogens (tertiary/aromatic N) is 2. The average Bonchev–Trinajstić information content (AvgIpc) is 2.88. The van der Waals surface area contributed by atoms with E-state index in [-0.39, 0.29) is 17.9 Å². The summed E-state index contributed by atoms with van der Waals surface area (Å²) in [6.45, 7) is 4.26. The lowest BCUT2D eigenvalue weighted by Crippen LogP contribution is -2.49. The van der Waals surface area contributed by atoms with Gasteiger partial charge in [-0.1, -0.05) is 48.5 Å². The van der Waals surface area contributed by atoms with Crippen LogP contribution in [0.5, 0.6) is 5.75 Å². The molecule has 176 valence electrons. The second-order valence-corrected chi connectivity index (χ2v) is 8.55. The highest BCUT2D eigenvalue weighted by molar-refractivity contribution is 5.94. The molecule has 1 heterocycles. The van der Waals surface area contributed by atoms with Crippen molar-refractivity contribution in [2.75, 3.05) is 33.8 Å². The quantitative estimate of drug-likeness (QED) is 0.605. The first-order valence-electron chi connectivity index (χ1n) is 11.5. The van der Waals surface area contributed by atoms with Crippen LogP contribution in [0.15, 0.2) is 72.8 Å². The molecule has 34 heavy (non-hydrogen) atoms. The lowest BCUT2D eigenvalue weighted by Gasteiger charge is -2.41. The first-order valence-corrected chi connectivity index (χ1v) is 11.5. The first kappa shape index (κ1) is 23.5. The predicted octanol–water partition coefficient (Wildman–Crippen LogP) is 4.13. The molecule has 1 fully saturated rings. The van der Waals surface area contributed by atoms with Gasteiger partial charge in [0.2, 0.25) is 5.91 Å². The van der Waals surface area contributed by atoms with E-state index in [1.54, 1.807) is 21.1 Å². The number of hydrogen-bond acceptors (Lipinski definition) is 4. The molecule has 1 aliphatic heterocycles. The molecule has 6 nitrogen and oxygen atoms in total. The Hall–Kier alpha value is -3.64. The fourth-order valence-corrected chi connectivity index (χ4v) is 4.57. The van der Waals surface area contributed by atoms with E-state index in [1.165, 1.54) is 0 Å². The van der Waals surface area contributed by atoms with Crippen LogP contribution in [0.3, 0.4) is 0 Å². The summed E-state index contributed by atoms with van der Waals surface area (Å²) < 4.78 is 5.70. The van der Waals surface area contributed by atoms with Crippen molar-refractivity contribution in [2.24, 2.45) is 0 Å². The van der Waals surface area contributed by atoms with E-state index in [0.29, 0.717) is 25.2 Å². The standard InChI is InChI=1S/C28H31N3O3/c1-20(32)30-14-15-31(26(19-30)23-10-7-11-24(17-23)28(33)29-2)18-25-16-22(12-13-27(25)34-3)21-8-5-4-6-9-21/h4-13,16-17,26H,14-15,18-19H2,1-3H3,(H,29,33)/t26-/m1/s1. The van der Waals surface area contributed by atoms with Gasteiger partial charge in [0.1, 0.15) is 5.75 Å². The Balaban J connectivity index is 1.68. The summed E-state index contributed by atoms with van der Waals surface area (Å²) in [5.74, 6) is 0.784. The molecule has 1 atom stereocenters. The molecule has 6 heteroatoms. The van der Waals surface area contributed by atoms with Gasteiger partial charge in [0.25, 0.3) is 5.91 Å². The van der Waals surface area contributed by atoms with E-state index in [1.807, 2.05) is 53.4 Å². The molecule has 2 amide bonds. The molecule has 0 radical (unpaired) electrons. The van der Waals surface area contributed by atoms with Crippen LogP contribution in [0.2, 0.25) is 0 Å². The number of piperazine rings is 1. The molecule has 3 aromatic rings. The third kappa shape index (κ3) is 5.13. The Labute approximate surface area is 201 Å². The van der Waals surface area contributed by atoms with Crippen molar-refractivity contribution in [3.63, 3.8) is 0 Å². The van der Waals surface area contributed by atoms with Crippen molar-refractivity contribution in [2.45, 2.75) is 19.5 Å². The lowest BCUT2D eigenvalue weighted by atomic mass is 9.97. The second kappa shape index (κ2) is 10.5. The molecular formula is C28H31N3O3. The number of benzene rings is 3. The van der Waals surface area contributed by atoms with Crippen molar-refractivity contribution in [3.8, 4) is 16.9 Å². The Kier molecular flexibility index (Phi) is 7.28. The van der Waals surface area contributed by atoms with E-state index in [2.05, 4.69) is 34.5 Å². The summed E-state index contributed by atoms with van der Waals surface area (Å²) in [4.78, 5) is 28.7. The maximum absolute atomic E-state index is 12.2. The third-order valence-electron chi connectivity index (χ3n) is 6.46. The van der Waals surface area contributed by atoms with Gasteiger partial charge in [-0.15, -0.1) is 0 Å². The number of rotatable bonds is 6. The summed E-state index contributed by atoms with van der Waals surface area (Å²) >= 11 is 0. The van der Waals surface area contributed by atoms with Crippen LogP contribution < -0.4 is 10.1 Å². The van der Waals surface area contributed by atoms with Gasteiger partial charge in [-0.2, -0.15) is 0 Å². The number of carbonyl (C=O) groups excluding carboxylic acids is 2. The van der Waals surface area contributed by atoms with Crippen LogP contribution in [-0.2, 0) is 11.3 Å². The van der Waals surface area contributed by atoms with Gasteiger partial charge in [-0.3, -0.25) is 14.5 Å². The summed E-state index contributed by atoms with van der Waals surface area (Å²) in [6.07, 6.45) is 0. The van der Waals surface area contributed by atoms with E-state index in [4.69, 9.17) is 4.74 Å². The topological polar surface area (TPSA) is 61.9 Å². The monoisotopic (exact) mass is 457 g/mol. The fourth-order valence-electron chi connectivity index (χ4n) is 4.57. The highest BCUT2D eigenvalue weighted by atomic mass is 16.5. The predicted molar refractivity (Wildman–Crippen MR) is 134 cm³/mol. The zero-order valence-corrected chi connectivity index (χ0v) is 20.0. The van der Waals surface area contributed by atoms with Gasteiger partial charge in [0, 0.05) is 51.3 Å². The smallest absolute Gasteiger partial charge is 0.251 e. The maximum atomic E-state index is 12.2. The summed E-state index contributed by atoms with van der Waals surface area (Å²) in [7, 11) is 3.32. The van der Waals surface area contributed by atoms with Gasteiger partial charge < -0.3 is 15.0 Å². The minimum Gasteiger partial charge on any atom is -0.496 e. The molecule has 4 rings (SSSR count). The molecule has 0 saturated carbocycles. The molecule has 3 aromatic carbocycles. The van der Waals surface area contributed by atoms with Crippen molar-refractivity contribution in [1.29, 1.82) is 0 Å². The number of ether oxygens (including phenoxy) is 1. The van der Waals surface area contributed by atoms with E-state index < -0.39 is 0 Å². The Morgan fingerprint density at radius 2 is 1.76 bits per heavy atom. The Morgan fingerprint density at radius 1 is 0.971 bits per heavy atom. The van der Waals surface area contributed by atoms with E-state index in [9.17, 15) is 9.59 Å². The van der Waals surface area contributed by atoms with Crippen molar-refractivity contribution < 1.29 is 14.3 Å². The average molecular weight is 458 g/mol. The van der Waals surface area contributed by atoms with Gasteiger partial charge in [-0.05, 0) is 41.0 Å². The zero-order valence-electron chi connectivity index (χ0n) is 20.0. The summed E-state index contributed by atoms with van der Waals surface area (Å²) in [5.41, 5.74) is 5.01. The van der Waals surface area contributed by atoms with Gasteiger partial charge in [0.15, 0.2) is 0 Å². The number of amides is 2. The zero-order chi connectivity index (χ0) is 24.1. The number of hydrogen-bond donors (Lipinski definition) is 1. The number of nitrogens with one attached hydrogen (secondary N) is 1. The molecule has 0 aliphatic carbocycles. The van der Waals surface area contributed by atoms with Crippen molar-refractivity contribution in [3.05, 3.63) is 89.5 Å². The normalized spacial score (nSPS) is 16.2. The molecule has 0 spiro atoms. The van der Waals surface area contributed by atoms with Crippen LogP contribution in [0.1, 0.15) is 34.5 Å². The lowest BCUT2D eigenvalue weighted by molar-refractivity contribution is -0.132. The van der Waals surface area contributed by atoms with E-state index >= 15 is 0 Å². The highest BCUT2D eigenvalue weighted by Crippen LogP contribution is 2.32. The van der Waals surface area contributed by atoms with E-state index in [0.717, 1.165) is 34.5 Å². The minimum atomic E-state index is -0.120. The van der Waals surface area contributed by atoms with Crippen molar-refractivity contribution >= 4 is 11.8 Å². The van der Waals surface area contributed by atoms with Gasteiger partial charge >= 0.3 is 0 Å². The SMILES string of the molecule is CNC(=O)c1cccc([C@H]2CN(C(C)=O)CCN2Cc2cc(-c3ccccc3)ccc2OC)c1. The van der Waals surface area contributed by atoms with Crippen LogP contribution in [0.25, 0.3) is 11.1 Å². The largest absolute Gasteiger partial charge is 0.496 e. The van der Waals surface area contributed by atoms with Crippen LogP contribution in [-0.4, -0.2) is 55.4 Å². The highest BCUT2D eigenvalue weighted by Gasteiger charge is 2.30. The van der Waals surface area contributed by atoms with Crippen LogP contribution in [0, 0.1) is 0 Å². The molecule has 1 aliphatic rings.